The first kappa shape index (κ1) is 22.8. The van der Waals surface area contributed by atoms with Crippen molar-refractivity contribution in [2.75, 3.05) is 35.3 Å². The number of urea groups is 1. The average molecular weight is 468 g/mol. The van der Waals surface area contributed by atoms with Crippen molar-refractivity contribution < 1.29 is 18.0 Å². The predicted octanol–water partition coefficient (Wildman–Crippen LogP) is 5.87. The minimum absolute atomic E-state index is 0.0506. The Kier molecular flexibility index (Phi) is 6.33. The van der Waals surface area contributed by atoms with Gasteiger partial charge in [-0.1, -0.05) is 6.42 Å². The highest BCUT2D eigenvalue weighted by molar-refractivity contribution is 7.15. The van der Waals surface area contributed by atoms with Crippen LogP contribution in [0.4, 0.5) is 34.6 Å². The Balaban J connectivity index is 1.63. The summed E-state index contributed by atoms with van der Waals surface area (Å²) in [5.74, 6) is -1.05. The number of nitrogens with zero attached hydrogens (tertiary/aromatic N) is 4. The smallest absolute Gasteiger partial charge is 0.372 e. The predicted molar refractivity (Wildman–Crippen MR) is 121 cm³/mol. The van der Waals surface area contributed by atoms with E-state index in [0.29, 0.717) is 36.0 Å². The number of carbonyl (C=O) groups excluding carboxylic acids is 1. The van der Waals surface area contributed by atoms with Crippen molar-refractivity contribution in [1.29, 1.82) is 0 Å². The van der Waals surface area contributed by atoms with E-state index >= 15 is 0 Å². The Labute approximate surface area is 189 Å². The standard InChI is InChI=1S/C22H28F3N5OS/c1-13-14(2)32-20(26-13)28-21(31)30-11-5-10-29(3)18-9-8-17(27-19(18)30)15-6-4-7-16(12-15)22(23,24)25/h8-9,15-16H,4-7,10-12H2,1-3H3,(H,26,28,31). The molecule has 0 aromatic carbocycles. The molecule has 0 saturated heterocycles. The van der Waals surface area contributed by atoms with Gasteiger partial charge in [0.2, 0.25) is 0 Å². The van der Waals surface area contributed by atoms with Crippen LogP contribution in [0.2, 0.25) is 0 Å². The quantitative estimate of drug-likeness (QED) is 0.600. The van der Waals surface area contributed by atoms with Crippen LogP contribution in [0.3, 0.4) is 0 Å². The summed E-state index contributed by atoms with van der Waals surface area (Å²) >= 11 is 1.42. The molecule has 1 aliphatic carbocycles. The fourth-order valence-corrected chi connectivity index (χ4v) is 5.31. The van der Waals surface area contributed by atoms with E-state index in [-0.39, 0.29) is 24.8 Å². The van der Waals surface area contributed by atoms with Crippen molar-refractivity contribution in [3.63, 3.8) is 0 Å². The number of anilines is 3. The number of rotatable bonds is 2. The Hall–Kier alpha value is -2.36. The molecule has 2 aromatic rings. The fraction of sp³-hybridized carbons (Fsp3) is 0.591. The number of halogens is 3. The summed E-state index contributed by atoms with van der Waals surface area (Å²) < 4.78 is 40.0. The molecule has 32 heavy (non-hydrogen) atoms. The first-order valence-corrected chi connectivity index (χ1v) is 11.8. The molecule has 4 rings (SSSR count). The van der Waals surface area contributed by atoms with Gasteiger partial charge in [-0.25, -0.2) is 14.8 Å². The van der Waals surface area contributed by atoms with Crippen LogP contribution in [-0.4, -0.2) is 42.3 Å². The van der Waals surface area contributed by atoms with Gasteiger partial charge in [0.1, 0.15) is 0 Å². The summed E-state index contributed by atoms with van der Waals surface area (Å²) in [6, 6.07) is 3.39. The zero-order valence-corrected chi connectivity index (χ0v) is 19.3. The van der Waals surface area contributed by atoms with E-state index in [4.69, 9.17) is 4.98 Å². The van der Waals surface area contributed by atoms with Gasteiger partial charge in [-0.05, 0) is 51.7 Å². The van der Waals surface area contributed by atoms with Gasteiger partial charge in [-0.2, -0.15) is 13.2 Å². The van der Waals surface area contributed by atoms with Gasteiger partial charge < -0.3 is 4.90 Å². The van der Waals surface area contributed by atoms with Gasteiger partial charge in [0, 0.05) is 36.6 Å². The average Bonchev–Trinajstić information content (AvgIpc) is 2.96. The number of carbonyl (C=O) groups is 1. The van der Waals surface area contributed by atoms with E-state index in [0.717, 1.165) is 29.2 Å². The summed E-state index contributed by atoms with van der Waals surface area (Å²) in [5.41, 5.74) is 2.31. The number of nitrogens with one attached hydrogen (secondary N) is 1. The zero-order valence-electron chi connectivity index (χ0n) is 18.5. The molecule has 6 nitrogen and oxygen atoms in total. The molecule has 0 radical (unpaired) electrons. The van der Waals surface area contributed by atoms with Gasteiger partial charge in [0.05, 0.1) is 17.3 Å². The van der Waals surface area contributed by atoms with E-state index in [9.17, 15) is 18.0 Å². The topological polar surface area (TPSA) is 61.4 Å². The number of fused-ring (bicyclic) bond motifs is 1. The first-order valence-electron chi connectivity index (χ1n) is 10.9. The summed E-state index contributed by atoms with van der Waals surface area (Å²) in [4.78, 5) is 27.0. The normalized spacial score (nSPS) is 21.8. The third-order valence-electron chi connectivity index (χ3n) is 6.46. The lowest BCUT2D eigenvalue weighted by Crippen LogP contribution is -2.36. The number of thiazole rings is 1. The maximum atomic E-state index is 13.3. The van der Waals surface area contributed by atoms with Gasteiger partial charge in [0.25, 0.3) is 0 Å². The third-order valence-corrected chi connectivity index (χ3v) is 7.45. The van der Waals surface area contributed by atoms with Gasteiger partial charge in [-0.3, -0.25) is 10.2 Å². The van der Waals surface area contributed by atoms with E-state index in [2.05, 4.69) is 10.3 Å². The van der Waals surface area contributed by atoms with Crippen molar-refractivity contribution in [1.82, 2.24) is 9.97 Å². The highest BCUT2D eigenvalue weighted by Gasteiger charge is 2.42. The molecule has 2 atom stereocenters. The highest BCUT2D eigenvalue weighted by Crippen LogP contribution is 2.44. The second kappa shape index (κ2) is 8.88. The molecule has 2 amide bonds. The summed E-state index contributed by atoms with van der Waals surface area (Å²) in [6.45, 7) is 5.07. The van der Waals surface area contributed by atoms with Crippen LogP contribution in [0.25, 0.3) is 0 Å². The number of aromatic nitrogens is 2. The molecule has 2 unspecified atom stereocenters. The number of hydrogen-bond donors (Lipinski definition) is 1. The van der Waals surface area contributed by atoms with Crippen molar-refractivity contribution in [2.45, 2.75) is 58.0 Å². The Morgan fingerprint density at radius 3 is 2.62 bits per heavy atom. The fourth-order valence-electron chi connectivity index (χ4n) is 4.51. The highest BCUT2D eigenvalue weighted by atomic mass is 32.1. The molecule has 1 saturated carbocycles. The van der Waals surface area contributed by atoms with Gasteiger partial charge in [-0.15, -0.1) is 11.3 Å². The molecular weight excluding hydrogens is 439 g/mol. The van der Waals surface area contributed by atoms with Crippen LogP contribution < -0.4 is 15.1 Å². The molecule has 10 heteroatoms. The Bertz CT molecular complexity index is 973. The van der Waals surface area contributed by atoms with Crippen LogP contribution in [0.1, 0.15) is 54.3 Å². The Morgan fingerprint density at radius 2 is 1.94 bits per heavy atom. The lowest BCUT2D eigenvalue weighted by Gasteiger charge is -2.31. The molecule has 1 fully saturated rings. The van der Waals surface area contributed by atoms with Gasteiger partial charge in [0.15, 0.2) is 10.9 Å². The van der Waals surface area contributed by atoms with Crippen molar-refractivity contribution in [2.24, 2.45) is 5.92 Å². The largest absolute Gasteiger partial charge is 0.391 e. The molecule has 2 aromatic heterocycles. The number of pyridine rings is 1. The molecule has 1 aliphatic heterocycles. The minimum atomic E-state index is -4.18. The van der Waals surface area contributed by atoms with Crippen LogP contribution in [0.5, 0.6) is 0 Å². The monoisotopic (exact) mass is 467 g/mol. The summed E-state index contributed by atoms with van der Waals surface area (Å²) in [7, 11) is 1.94. The van der Waals surface area contributed by atoms with Crippen LogP contribution in [0, 0.1) is 19.8 Å². The molecule has 174 valence electrons. The maximum absolute atomic E-state index is 13.3. The first-order chi connectivity index (χ1) is 15.1. The number of hydrogen-bond acceptors (Lipinski definition) is 5. The van der Waals surface area contributed by atoms with Crippen molar-refractivity contribution >= 4 is 34.0 Å². The van der Waals surface area contributed by atoms with E-state index in [1.54, 1.807) is 4.90 Å². The van der Waals surface area contributed by atoms with Crippen molar-refractivity contribution in [3.8, 4) is 0 Å². The number of alkyl halides is 3. The summed E-state index contributed by atoms with van der Waals surface area (Å²) in [5, 5.41) is 3.40. The second-order valence-corrected chi connectivity index (χ2v) is 9.90. The van der Waals surface area contributed by atoms with Gasteiger partial charge >= 0.3 is 12.2 Å². The molecule has 0 spiro atoms. The minimum Gasteiger partial charge on any atom is -0.372 e. The van der Waals surface area contributed by atoms with Crippen LogP contribution in [-0.2, 0) is 0 Å². The molecule has 0 bridgehead atoms. The lowest BCUT2D eigenvalue weighted by atomic mass is 9.79. The number of amides is 2. The second-order valence-electron chi connectivity index (χ2n) is 8.70. The molecular formula is C22H28F3N5OS. The maximum Gasteiger partial charge on any atom is 0.391 e. The zero-order chi connectivity index (χ0) is 23.0. The third kappa shape index (κ3) is 4.69. The Morgan fingerprint density at radius 1 is 1.16 bits per heavy atom. The SMILES string of the molecule is Cc1nc(NC(=O)N2CCCN(C)c3ccc(C4CCCC(C(F)(F)F)C4)nc32)sc1C. The molecule has 1 N–H and O–H groups in total. The van der Waals surface area contributed by atoms with Crippen LogP contribution >= 0.6 is 11.3 Å². The van der Waals surface area contributed by atoms with E-state index in [1.165, 1.54) is 11.3 Å². The van der Waals surface area contributed by atoms with E-state index < -0.39 is 12.1 Å². The number of aryl methyl sites for hydroxylation is 2. The van der Waals surface area contributed by atoms with E-state index in [1.807, 2.05) is 37.9 Å². The molecule has 3 heterocycles. The molecule has 2 aliphatic rings. The van der Waals surface area contributed by atoms with Crippen LogP contribution in [0.15, 0.2) is 12.1 Å². The van der Waals surface area contributed by atoms with Crippen molar-refractivity contribution in [3.05, 3.63) is 28.4 Å². The lowest BCUT2D eigenvalue weighted by molar-refractivity contribution is -0.183. The summed E-state index contributed by atoms with van der Waals surface area (Å²) in [6.07, 6.45) is -1.99.